The van der Waals surface area contributed by atoms with E-state index in [2.05, 4.69) is 17.6 Å². The van der Waals surface area contributed by atoms with Crippen LogP contribution in [0.15, 0.2) is 0 Å². The second kappa shape index (κ2) is 5.36. The lowest BCUT2D eigenvalue weighted by molar-refractivity contribution is -0.126. The zero-order chi connectivity index (χ0) is 12.3. The maximum absolute atomic E-state index is 12.1. The Labute approximate surface area is 103 Å². The lowest BCUT2D eigenvalue weighted by atomic mass is 9.77. The van der Waals surface area contributed by atoms with Crippen LogP contribution in [0.2, 0.25) is 0 Å². The summed E-state index contributed by atoms with van der Waals surface area (Å²) in [5, 5.41) is 15.9. The number of rotatable bonds is 3. The van der Waals surface area contributed by atoms with Gasteiger partial charge in [-0.25, -0.2) is 0 Å². The van der Waals surface area contributed by atoms with Crippen molar-refractivity contribution in [2.45, 2.75) is 57.0 Å². The molecule has 17 heavy (non-hydrogen) atoms. The van der Waals surface area contributed by atoms with Crippen LogP contribution >= 0.6 is 0 Å². The second-order valence-corrected chi connectivity index (χ2v) is 5.76. The van der Waals surface area contributed by atoms with Gasteiger partial charge in [0.05, 0.1) is 18.2 Å². The summed E-state index contributed by atoms with van der Waals surface area (Å²) in [5.74, 6) is 0.794. The van der Waals surface area contributed by atoms with E-state index in [1.54, 1.807) is 0 Å². The van der Waals surface area contributed by atoms with E-state index in [-0.39, 0.29) is 24.1 Å². The molecular weight excluding hydrogens is 216 g/mol. The van der Waals surface area contributed by atoms with Gasteiger partial charge in [0, 0.05) is 0 Å². The van der Waals surface area contributed by atoms with Crippen LogP contribution in [0.25, 0.3) is 0 Å². The van der Waals surface area contributed by atoms with Crippen LogP contribution in [0, 0.1) is 5.92 Å². The Morgan fingerprint density at radius 1 is 1.41 bits per heavy atom. The molecule has 2 aliphatic rings. The van der Waals surface area contributed by atoms with Gasteiger partial charge in [-0.3, -0.25) is 4.79 Å². The van der Waals surface area contributed by atoms with Crippen molar-refractivity contribution < 1.29 is 9.90 Å². The maximum atomic E-state index is 12.1. The average Bonchev–Trinajstić information content (AvgIpc) is 2.86. The Hall–Kier alpha value is -0.610. The third kappa shape index (κ3) is 2.99. The van der Waals surface area contributed by atoms with Crippen molar-refractivity contribution in [1.29, 1.82) is 0 Å². The molecule has 4 heteroatoms. The highest BCUT2D eigenvalue weighted by molar-refractivity contribution is 5.82. The highest BCUT2D eigenvalue weighted by Gasteiger charge is 2.36. The van der Waals surface area contributed by atoms with Crippen LogP contribution in [0.4, 0.5) is 0 Å². The first-order valence-electron chi connectivity index (χ1n) is 6.81. The first kappa shape index (κ1) is 12.8. The third-order valence-electron chi connectivity index (χ3n) is 4.30. The summed E-state index contributed by atoms with van der Waals surface area (Å²) in [6.45, 7) is 3.24. The molecule has 1 heterocycles. The molecule has 0 radical (unpaired) electrons. The van der Waals surface area contributed by atoms with Gasteiger partial charge in [0.1, 0.15) is 0 Å². The van der Waals surface area contributed by atoms with Crippen LogP contribution in [-0.2, 0) is 4.79 Å². The number of amides is 1. The summed E-state index contributed by atoms with van der Waals surface area (Å²) in [5.41, 5.74) is -0.353. The molecule has 1 saturated carbocycles. The van der Waals surface area contributed by atoms with E-state index in [0.29, 0.717) is 0 Å². The Bertz CT molecular complexity index is 267. The highest BCUT2D eigenvalue weighted by Crippen LogP contribution is 2.31. The van der Waals surface area contributed by atoms with Gasteiger partial charge in [0.25, 0.3) is 0 Å². The molecule has 1 unspecified atom stereocenters. The van der Waals surface area contributed by atoms with Crippen LogP contribution in [0.3, 0.4) is 0 Å². The fourth-order valence-corrected chi connectivity index (χ4v) is 2.89. The summed E-state index contributed by atoms with van der Waals surface area (Å²) in [6, 6.07) is -0.0437. The molecule has 0 bridgehead atoms. The normalized spacial score (nSPS) is 38.0. The fraction of sp³-hybridized carbons (Fsp3) is 0.923. The van der Waals surface area contributed by atoms with Crippen molar-refractivity contribution >= 4 is 5.91 Å². The van der Waals surface area contributed by atoms with Gasteiger partial charge in [-0.2, -0.15) is 0 Å². The lowest BCUT2D eigenvalue weighted by Crippen LogP contribution is -2.57. The number of carbonyl (C=O) groups excluding carboxylic acids is 1. The van der Waals surface area contributed by atoms with E-state index < -0.39 is 0 Å². The van der Waals surface area contributed by atoms with E-state index in [1.807, 2.05) is 0 Å². The van der Waals surface area contributed by atoms with Gasteiger partial charge < -0.3 is 15.7 Å². The molecule has 1 aliphatic carbocycles. The molecule has 1 aliphatic heterocycles. The average molecular weight is 240 g/mol. The maximum Gasteiger partial charge on any atom is 0.237 e. The van der Waals surface area contributed by atoms with Gasteiger partial charge in [0.15, 0.2) is 0 Å². The summed E-state index contributed by atoms with van der Waals surface area (Å²) in [4.78, 5) is 12.1. The van der Waals surface area contributed by atoms with Crippen molar-refractivity contribution in [1.82, 2.24) is 10.6 Å². The van der Waals surface area contributed by atoms with E-state index >= 15 is 0 Å². The van der Waals surface area contributed by atoms with Crippen LogP contribution in [-0.4, -0.2) is 35.7 Å². The van der Waals surface area contributed by atoms with E-state index in [4.69, 9.17) is 0 Å². The quantitative estimate of drug-likeness (QED) is 0.683. The number of aliphatic hydroxyl groups is 1. The standard InChI is InChI=1S/C13H24N2O2/c1-10-4-6-13(9-16,7-5-10)15-12(17)11-3-2-8-14-11/h10-11,14,16H,2-9H2,1H3,(H,15,17). The van der Waals surface area contributed by atoms with Crippen LogP contribution in [0.1, 0.15) is 45.4 Å². The molecule has 0 aromatic rings. The van der Waals surface area contributed by atoms with Gasteiger partial charge in [0.2, 0.25) is 5.91 Å². The Balaban J connectivity index is 1.92. The molecule has 1 saturated heterocycles. The van der Waals surface area contributed by atoms with Gasteiger partial charge in [-0.1, -0.05) is 6.92 Å². The predicted octanol–water partition coefficient (Wildman–Crippen LogP) is 0.796. The van der Waals surface area contributed by atoms with Crippen molar-refractivity contribution in [3.8, 4) is 0 Å². The zero-order valence-corrected chi connectivity index (χ0v) is 10.7. The minimum absolute atomic E-state index is 0.0437. The number of carbonyl (C=O) groups is 1. The van der Waals surface area contributed by atoms with Crippen molar-refractivity contribution in [3.05, 3.63) is 0 Å². The second-order valence-electron chi connectivity index (χ2n) is 5.76. The first-order valence-corrected chi connectivity index (χ1v) is 6.81. The minimum Gasteiger partial charge on any atom is -0.394 e. The molecule has 0 aromatic carbocycles. The summed E-state index contributed by atoms with van der Waals surface area (Å²) < 4.78 is 0. The van der Waals surface area contributed by atoms with Crippen molar-refractivity contribution in [3.63, 3.8) is 0 Å². The van der Waals surface area contributed by atoms with Gasteiger partial charge >= 0.3 is 0 Å². The smallest absolute Gasteiger partial charge is 0.237 e. The van der Waals surface area contributed by atoms with Crippen molar-refractivity contribution in [2.24, 2.45) is 5.92 Å². The predicted molar refractivity (Wildman–Crippen MR) is 66.6 cm³/mol. The molecule has 2 fully saturated rings. The Morgan fingerprint density at radius 2 is 2.12 bits per heavy atom. The van der Waals surface area contributed by atoms with Gasteiger partial charge in [-0.15, -0.1) is 0 Å². The third-order valence-corrected chi connectivity index (χ3v) is 4.30. The van der Waals surface area contributed by atoms with E-state index in [9.17, 15) is 9.90 Å². The molecule has 1 amide bonds. The molecule has 0 spiro atoms. The largest absolute Gasteiger partial charge is 0.394 e. The van der Waals surface area contributed by atoms with E-state index in [1.165, 1.54) is 0 Å². The molecule has 0 aromatic heterocycles. The fourth-order valence-electron chi connectivity index (χ4n) is 2.89. The zero-order valence-electron chi connectivity index (χ0n) is 10.7. The topological polar surface area (TPSA) is 61.4 Å². The first-order chi connectivity index (χ1) is 8.15. The SMILES string of the molecule is CC1CCC(CO)(NC(=O)C2CCCN2)CC1. The van der Waals surface area contributed by atoms with Gasteiger partial charge in [-0.05, 0) is 51.0 Å². The summed E-state index contributed by atoms with van der Waals surface area (Å²) >= 11 is 0. The Kier molecular flexibility index (Phi) is 4.05. The molecule has 3 N–H and O–H groups in total. The number of aliphatic hydroxyl groups excluding tert-OH is 1. The number of hydrogen-bond acceptors (Lipinski definition) is 3. The molecule has 4 nitrogen and oxygen atoms in total. The molecule has 1 atom stereocenters. The Morgan fingerprint density at radius 3 is 2.65 bits per heavy atom. The summed E-state index contributed by atoms with van der Waals surface area (Å²) in [7, 11) is 0. The monoisotopic (exact) mass is 240 g/mol. The number of nitrogens with one attached hydrogen (secondary N) is 2. The lowest BCUT2D eigenvalue weighted by Gasteiger charge is -2.39. The number of hydrogen-bond donors (Lipinski definition) is 3. The van der Waals surface area contributed by atoms with Crippen molar-refractivity contribution in [2.75, 3.05) is 13.2 Å². The highest BCUT2D eigenvalue weighted by atomic mass is 16.3. The molecule has 2 rings (SSSR count). The minimum atomic E-state index is -0.353. The van der Waals surface area contributed by atoms with E-state index in [0.717, 1.165) is 51.0 Å². The molecule has 98 valence electrons. The van der Waals surface area contributed by atoms with Crippen LogP contribution < -0.4 is 10.6 Å². The van der Waals surface area contributed by atoms with Crippen LogP contribution in [0.5, 0.6) is 0 Å². The summed E-state index contributed by atoms with van der Waals surface area (Å²) in [6.07, 6.45) is 6.00. The molecular formula is C13H24N2O2.